The molecule has 0 saturated carbocycles. The first-order valence-electron chi connectivity index (χ1n) is 18.0. The first-order valence-corrected chi connectivity index (χ1v) is 18.0. The number of dihydropyridines is 1. The van der Waals surface area contributed by atoms with Crippen molar-refractivity contribution < 1.29 is 0 Å². The Morgan fingerprint density at radius 2 is 1.31 bits per heavy atom. The molecule has 2 atom stereocenters. The van der Waals surface area contributed by atoms with Gasteiger partial charge in [0.2, 0.25) is 0 Å². The number of aryl methyl sites for hydroxylation is 1. The van der Waals surface area contributed by atoms with Gasteiger partial charge in [0.15, 0.2) is 17.5 Å². The third-order valence-corrected chi connectivity index (χ3v) is 10.2. The molecule has 5 nitrogen and oxygen atoms in total. The molecule has 5 aromatic carbocycles. The van der Waals surface area contributed by atoms with Crippen molar-refractivity contribution in [3.05, 3.63) is 162 Å². The molecule has 248 valence electrons. The van der Waals surface area contributed by atoms with E-state index in [0.717, 1.165) is 53.6 Å². The van der Waals surface area contributed by atoms with Crippen molar-refractivity contribution in [2.24, 2.45) is 0 Å². The largest absolute Gasteiger partial charge is 0.383 e. The molecule has 0 saturated heterocycles. The Kier molecular flexibility index (Phi) is 8.19. The zero-order valence-electron chi connectivity index (χ0n) is 28.7. The van der Waals surface area contributed by atoms with Crippen LogP contribution in [-0.4, -0.2) is 33.6 Å². The fourth-order valence-electron chi connectivity index (χ4n) is 7.62. The molecule has 2 N–H and O–H groups in total. The van der Waals surface area contributed by atoms with E-state index in [-0.39, 0.29) is 0 Å². The smallest absolute Gasteiger partial charge is 0.164 e. The van der Waals surface area contributed by atoms with Gasteiger partial charge in [0, 0.05) is 35.0 Å². The van der Waals surface area contributed by atoms with Gasteiger partial charge in [0.1, 0.15) is 0 Å². The number of allylic oxidation sites excluding steroid dienone is 3. The van der Waals surface area contributed by atoms with E-state index in [1.165, 1.54) is 38.7 Å². The average molecular weight is 662 g/mol. The van der Waals surface area contributed by atoms with Crippen LogP contribution in [0.2, 0.25) is 0 Å². The van der Waals surface area contributed by atoms with Gasteiger partial charge in [-0.15, -0.1) is 0 Å². The van der Waals surface area contributed by atoms with Gasteiger partial charge in [0.25, 0.3) is 0 Å². The Hall–Kier alpha value is -5.91. The minimum absolute atomic E-state index is 0.290. The number of rotatable bonds is 6. The monoisotopic (exact) mass is 661 g/mol. The van der Waals surface area contributed by atoms with Crippen LogP contribution in [0.5, 0.6) is 0 Å². The van der Waals surface area contributed by atoms with E-state index in [0.29, 0.717) is 29.6 Å². The summed E-state index contributed by atoms with van der Waals surface area (Å²) < 4.78 is 0. The highest BCUT2D eigenvalue weighted by molar-refractivity contribution is 5.97. The maximum Gasteiger partial charge on any atom is 0.164 e. The summed E-state index contributed by atoms with van der Waals surface area (Å²) in [5.41, 5.74) is 11.6. The lowest BCUT2D eigenvalue weighted by Crippen LogP contribution is -2.43. The first kappa shape index (κ1) is 31.1. The standard InChI is InChI=1S/C46H39N5/c1-30-13-12-22-43(48-30)42-24-23-34(29-47-42)35-25-36(41-28-33-18-8-9-19-38(33)39-20-10-11-21-40(39)41)27-37(26-35)46-50-44(31-14-4-2-5-15-31)49-45(51-46)32-16-6-3-7-17-32/h2-9,11-19,21,23-28,30,43,47-48H,10,20,22,29H2,1H3. The molecule has 3 heterocycles. The molecule has 2 aliphatic heterocycles. The summed E-state index contributed by atoms with van der Waals surface area (Å²) in [7, 11) is 0. The summed E-state index contributed by atoms with van der Waals surface area (Å²) >= 11 is 0. The molecule has 9 rings (SSSR count). The maximum atomic E-state index is 5.14. The Morgan fingerprint density at radius 1 is 0.647 bits per heavy atom. The van der Waals surface area contributed by atoms with Gasteiger partial charge >= 0.3 is 0 Å². The Labute approximate surface area is 299 Å². The van der Waals surface area contributed by atoms with Crippen LogP contribution in [0, 0.1) is 0 Å². The van der Waals surface area contributed by atoms with Crippen molar-refractivity contribution in [1.29, 1.82) is 0 Å². The summed E-state index contributed by atoms with van der Waals surface area (Å²) in [6.45, 7) is 2.94. The van der Waals surface area contributed by atoms with Crippen LogP contribution in [-0.2, 0) is 6.42 Å². The molecule has 51 heavy (non-hydrogen) atoms. The van der Waals surface area contributed by atoms with Crippen molar-refractivity contribution >= 4 is 22.4 Å². The Morgan fingerprint density at radius 3 is 2.02 bits per heavy atom. The summed E-state index contributed by atoms with van der Waals surface area (Å²) in [6.07, 6.45) is 16.8. The van der Waals surface area contributed by atoms with E-state index in [1.54, 1.807) is 0 Å². The molecular weight excluding hydrogens is 623 g/mol. The number of benzene rings is 5. The lowest BCUT2D eigenvalue weighted by atomic mass is 9.84. The molecule has 0 fully saturated rings. The maximum absolute atomic E-state index is 5.14. The number of hydrogen-bond donors (Lipinski definition) is 2. The van der Waals surface area contributed by atoms with Crippen molar-refractivity contribution in [2.45, 2.75) is 38.3 Å². The van der Waals surface area contributed by atoms with E-state index in [1.807, 2.05) is 36.4 Å². The van der Waals surface area contributed by atoms with Gasteiger partial charge in [-0.25, -0.2) is 15.0 Å². The quantitative estimate of drug-likeness (QED) is 0.174. The van der Waals surface area contributed by atoms with E-state index < -0.39 is 0 Å². The van der Waals surface area contributed by atoms with Crippen LogP contribution in [0.1, 0.15) is 36.5 Å². The summed E-state index contributed by atoms with van der Waals surface area (Å²) in [4.78, 5) is 15.3. The highest BCUT2D eigenvalue weighted by Gasteiger charge is 2.22. The third-order valence-electron chi connectivity index (χ3n) is 10.2. The fourth-order valence-corrected chi connectivity index (χ4v) is 7.62. The van der Waals surface area contributed by atoms with E-state index in [2.05, 4.69) is 127 Å². The molecule has 0 bridgehead atoms. The minimum Gasteiger partial charge on any atom is -0.383 e. The normalized spacial score (nSPS) is 18.1. The fraction of sp³-hybridized carbons (Fsp3) is 0.152. The van der Waals surface area contributed by atoms with E-state index in [9.17, 15) is 0 Å². The van der Waals surface area contributed by atoms with Crippen LogP contribution in [0.4, 0.5) is 0 Å². The molecule has 0 radical (unpaired) electrons. The molecule has 1 aromatic heterocycles. The zero-order chi connectivity index (χ0) is 34.1. The number of hydrogen-bond acceptors (Lipinski definition) is 5. The van der Waals surface area contributed by atoms with Crippen LogP contribution in [0.3, 0.4) is 0 Å². The zero-order valence-corrected chi connectivity index (χ0v) is 28.7. The number of fused-ring (bicyclic) bond motifs is 3. The SMILES string of the molecule is CC1C=CCC(C2=CC=C(c3cc(-c4nc(-c5ccccc5)nc(-c5ccccc5)n4)cc(-c4cc5ccccc5c5c4C=CCC5)c3)CN2)N1. The molecule has 0 spiro atoms. The molecule has 6 aromatic rings. The van der Waals surface area contributed by atoms with E-state index >= 15 is 0 Å². The van der Waals surface area contributed by atoms with Gasteiger partial charge in [-0.2, -0.15) is 0 Å². The topological polar surface area (TPSA) is 62.7 Å². The highest BCUT2D eigenvalue weighted by Crippen LogP contribution is 2.39. The predicted octanol–water partition coefficient (Wildman–Crippen LogP) is 9.83. The summed E-state index contributed by atoms with van der Waals surface area (Å²) in [5.74, 6) is 1.97. The van der Waals surface area contributed by atoms with Gasteiger partial charge in [-0.05, 0) is 101 Å². The predicted molar refractivity (Wildman–Crippen MR) is 211 cm³/mol. The van der Waals surface area contributed by atoms with Crippen molar-refractivity contribution in [3.63, 3.8) is 0 Å². The Bertz CT molecular complexity index is 2330. The number of aromatic nitrogens is 3. The van der Waals surface area contributed by atoms with Gasteiger partial charge in [-0.3, -0.25) is 0 Å². The Balaban J connectivity index is 1.24. The summed E-state index contributed by atoms with van der Waals surface area (Å²) in [6, 6.07) is 39.1. The van der Waals surface area contributed by atoms with E-state index in [4.69, 9.17) is 15.0 Å². The second kappa shape index (κ2) is 13.4. The van der Waals surface area contributed by atoms with Crippen molar-refractivity contribution in [2.75, 3.05) is 6.54 Å². The molecule has 5 heteroatoms. The molecular formula is C46H39N5. The first-order chi connectivity index (χ1) is 25.2. The van der Waals surface area contributed by atoms with Gasteiger partial charge in [0.05, 0.1) is 6.04 Å². The number of nitrogens with one attached hydrogen (secondary N) is 2. The highest BCUT2D eigenvalue weighted by atomic mass is 15.0. The second-order valence-corrected chi connectivity index (χ2v) is 13.7. The van der Waals surface area contributed by atoms with Crippen molar-refractivity contribution in [1.82, 2.24) is 25.6 Å². The second-order valence-electron chi connectivity index (χ2n) is 13.7. The van der Waals surface area contributed by atoms with Crippen LogP contribution >= 0.6 is 0 Å². The molecule has 1 aliphatic carbocycles. The van der Waals surface area contributed by atoms with Crippen molar-refractivity contribution in [3.8, 4) is 45.3 Å². The average Bonchev–Trinajstić information content (AvgIpc) is 3.21. The summed E-state index contributed by atoms with van der Waals surface area (Å²) in [5, 5.41) is 10.1. The van der Waals surface area contributed by atoms with Crippen LogP contribution in [0.25, 0.3) is 67.7 Å². The lowest BCUT2D eigenvalue weighted by molar-refractivity contribution is 0.495. The van der Waals surface area contributed by atoms with Crippen LogP contribution < -0.4 is 10.6 Å². The molecule has 2 unspecified atom stereocenters. The third kappa shape index (κ3) is 6.22. The molecule has 3 aliphatic rings. The minimum atomic E-state index is 0.290. The van der Waals surface area contributed by atoms with Gasteiger partial charge in [-0.1, -0.05) is 115 Å². The lowest BCUT2D eigenvalue weighted by Gasteiger charge is -2.29. The number of nitrogens with zero attached hydrogens (tertiary/aromatic N) is 3. The molecule has 0 amide bonds. The van der Waals surface area contributed by atoms with Crippen LogP contribution in [0.15, 0.2) is 145 Å². The van der Waals surface area contributed by atoms with Gasteiger partial charge < -0.3 is 10.6 Å².